The first-order chi connectivity index (χ1) is 29.3. The fourth-order valence-corrected chi connectivity index (χ4v) is 10.1. The van der Waals surface area contributed by atoms with Gasteiger partial charge in [-0.2, -0.15) is 0 Å². The minimum absolute atomic E-state index is 0.0124. The normalized spacial score (nSPS) is 13.0. The molecule has 0 atom stereocenters. The third kappa shape index (κ3) is 4.55. The number of nitrogens with zero attached hydrogens (tertiary/aromatic N) is 2. The largest absolute Gasteiger partial charge is 0.456 e. The summed E-state index contributed by atoms with van der Waals surface area (Å²) in [5, 5.41) is 4.46. The van der Waals surface area contributed by atoms with E-state index in [1.165, 1.54) is 27.8 Å². The van der Waals surface area contributed by atoms with Crippen molar-refractivity contribution in [3.63, 3.8) is 0 Å². The maximum absolute atomic E-state index is 6.53. The zero-order valence-corrected chi connectivity index (χ0v) is 31.8. The number of hydrogen-bond donors (Lipinski definition) is 0. The zero-order chi connectivity index (χ0) is 38.6. The van der Waals surface area contributed by atoms with Crippen LogP contribution in [-0.2, 0) is 0 Å². The molecule has 11 aromatic rings. The Kier molecular flexibility index (Phi) is 6.78. The number of fused-ring (bicyclic) bond motifs is 10. The predicted molar refractivity (Wildman–Crippen MR) is 246 cm³/mol. The average Bonchev–Trinajstić information content (AvgIpc) is 3.88. The third-order valence-electron chi connectivity index (χ3n) is 12.5. The zero-order valence-electron chi connectivity index (χ0n) is 31.8. The maximum atomic E-state index is 6.53. The van der Waals surface area contributed by atoms with Gasteiger partial charge in [0, 0.05) is 55.4 Å². The molecule has 2 aliphatic rings. The summed E-state index contributed by atoms with van der Waals surface area (Å²) < 4.78 is 13.1. The van der Waals surface area contributed by atoms with Crippen molar-refractivity contribution in [1.29, 1.82) is 0 Å². The highest BCUT2D eigenvalue weighted by atomic mass is 16.3. The van der Waals surface area contributed by atoms with Crippen LogP contribution < -0.4 is 26.2 Å². The molecule has 0 saturated heterocycles. The summed E-state index contributed by atoms with van der Waals surface area (Å²) in [6.07, 6.45) is 0. The molecule has 0 N–H and O–H groups in total. The lowest BCUT2D eigenvalue weighted by molar-refractivity contribution is 0.668. The highest BCUT2D eigenvalue weighted by Gasteiger charge is 2.44. The van der Waals surface area contributed by atoms with Gasteiger partial charge in [-0.1, -0.05) is 140 Å². The van der Waals surface area contributed by atoms with Crippen LogP contribution in [0, 0.1) is 0 Å². The van der Waals surface area contributed by atoms with E-state index in [0.29, 0.717) is 0 Å². The van der Waals surface area contributed by atoms with E-state index in [1.54, 1.807) is 0 Å². The number of furan rings is 2. The van der Waals surface area contributed by atoms with Crippen molar-refractivity contribution in [1.82, 2.24) is 0 Å². The summed E-state index contributed by atoms with van der Waals surface area (Å²) in [6, 6.07) is 72.0. The van der Waals surface area contributed by atoms with Gasteiger partial charge in [-0.25, -0.2) is 0 Å². The molecule has 4 nitrogen and oxygen atoms in total. The first kappa shape index (κ1) is 32.3. The molecule has 0 aliphatic carbocycles. The van der Waals surface area contributed by atoms with Crippen LogP contribution >= 0.6 is 0 Å². The lowest BCUT2D eigenvalue weighted by Crippen LogP contribution is -2.61. The highest BCUT2D eigenvalue weighted by Crippen LogP contribution is 2.51. The molecule has 59 heavy (non-hydrogen) atoms. The van der Waals surface area contributed by atoms with Crippen LogP contribution in [0.4, 0.5) is 34.1 Å². The van der Waals surface area contributed by atoms with Gasteiger partial charge < -0.3 is 18.6 Å². The van der Waals surface area contributed by atoms with Crippen LogP contribution in [0.5, 0.6) is 0 Å². The van der Waals surface area contributed by atoms with E-state index < -0.39 is 0 Å². The number of hydrogen-bond acceptors (Lipinski definition) is 4. The summed E-state index contributed by atoms with van der Waals surface area (Å²) in [7, 11) is 0. The SMILES string of the molecule is c1ccc(-c2c(N3c4ccccc4B4c5ccccc5N(c5ccc6oc7ccccc7c6c5-c5ccccc5)c5cccc3c54)ccc3oc4ccccc4c23)cc1. The Morgan fingerprint density at radius 3 is 1.20 bits per heavy atom. The van der Waals surface area contributed by atoms with Gasteiger partial charge in [-0.05, 0) is 88.2 Å². The minimum atomic E-state index is 0.0124. The molecule has 0 fully saturated rings. The second-order valence-corrected chi connectivity index (χ2v) is 15.5. The highest BCUT2D eigenvalue weighted by molar-refractivity contribution is 7.00. The van der Waals surface area contributed by atoms with Gasteiger partial charge in [0.2, 0.25) is 0 Å². The monoisotopic (exact) mass is 752 g/mol. The lowest BCUT2D eigenvalue weighted by Gasteiger charge is -2.44. The van der Waals surface area contributed by atoms with Gasteiger partial charge >= 0.3 is 0 Å². The van der Waals surface area contributed by atoms with Gasteiger partial charge in [0.1, 0.15) is 22.3 Å². The number of anilines is 6. The molecule has 0 saturated carbocycles. The van der Waals surface area contributed by atoms with Gasteiger partial charge in [-0.15, -0.1) is 0 Å². The minimum Gasteiger partial charge on any atom is -0.456 e. The van der Waals surface area contributed by atoms with Gasteiger partial charge in [-0.3, -0.25) is 0 Å². The Morgan fingerprint density at radius 1 is 0.305 bits per heavy atom. The van der Waals surface area contributed by atoms with Crippen molar-refractivity contribution in [3.05, 3.63) is 200 Å². The van der Waals surface area contributed by atoms with Crippen LogP contribution in [0.3, 0.4) is 0 Å². The van der Waals surface area contributed by atoms with Gasteiger partial charge in [0.05, 0.1) is 11.4 Å². The van der Waals surface area contributed by atoms with E-state index >= 15 is 0 Å². The molecule has 2 aromatic heterocycles. The smallest absolute Gasteiger partial charge is 0.252 e. The second-order valence-electron chi connectivity index (χ2n) is 15.5. The van der Waals surface area contributed by atoms with Crippen LogP contribution in [0.1, 0.15) is 0 Å². The van der Waals surface area contributed by atoms with E-state index in [2.05, 4.69) is 198 Å². The van der Waals surface area contributed by atoms with Crippen molar-refractivity contribution in [2.45, 2.75) is 0 Å². The molecular formula is C54H33BN2O2. The molecule has 0 radical (unpaired) electrons. The molecule has 0 bridgehead atoms. The van der Waals surface area contributed by atoms with Gasteiger partial charge in [0.25, 0.3) is 6.71 Å². The topological polar surface area (TPSA) is 32.8 Å². The van der Waals surface area contributed by atoms with Crippen molar-refractivity contribution in [2.75, 3.05) is 9.80 Å². The lowest BCUT2D eigenvalue weighted by atomic mass is 9.33. The summed E-state index contributed by atoms with van der Waals surface area (Å²) in [5.74, 6) is 0. The van der Waals surface area contributed by atoms with Crippen molar-refractivity contribution in [2.24, 2.45) is 0 Å². The Balaban J connectivity index is 1.13. The average molecular weight is 753 g/mol. The molecule has 5 heteroatoms. The predicted octanol–water partition coefficient (Wildman–Crippen LogP) is 12.9. The van der Waals surface area contributed by atoms with Crippen molar-refractivity contribution >= 4 is 101 Å². The van der Waals surface area contributed by atoms with Crippen LogP contribution in [0.2, 0.25) is 0 Å². The molecular weight excluding hydrogens is 719 g/mol. The molecule has 0 unspecified atom stereocenters. The molecule has 0 amide bonds. The number of para-hydroxylation sites is 4. The fourth-order valence-electron chi connectivity index (χ4n) is 10.1. The Labute approximate surface area is 340 Å². The Bertz CT molecular complexity index is 3250. The molecule has 0 spiro atoms. The van der Waals surface area contributed by atoms with E-state index in [4.69, 9.17) is 8.83 Å². The maximum Gasteiger partial charge on any atom is 0.252 e. The molecule has 9 aromatic carbocycles. The quantitative estimate of drug-likeness (QED) is 0.168. The van der Waals surface area contributed by atoms with E-state index in [9.17, 15) is 0 Å². The second kappa shape index (κ2) is 12.4. The van der Waals surface area contributed by atoms with E-state index in [1.807, 2.05) is 12.1 Å². The standard InChI is InChI=1S/C54H33BN2O2/c1-3-16-34(17-4-1)50-42(30-32-48-52(50)36-20-7-13-28-46(36)58-48)56-40-24-11-9-22-38(40)55-39-23-10-12-25-41(39)57(45-27-15-26-44(56)54(45)55)43-31-33-49-53(37-21-8-14-29-47(37)59-49)51(43)35-18-5-2-6-19-35/h1-33H. The number of benzene rings is 9. The van der Waals surface area contributed by atoms with Crippen LogP contribution in [-0.4, -0.2) is 6.71 Å². The summed E-state index contributed by atoms with van der Waals surface area (Å²) >= 11 is 0. The summed E-state index contributed by atoms with van der Waals surface area (Å²) in [4.78, 5) is 5.01. The fraction of sp³-hybridized carbons (Fsp3) is 0. The van der Waals surface area contributed by atoms with Crippen LogP contribution in [0.25, 0.3) is 66.1 Å². The van der Waals surface area contributed by atoms with Gasteiger partial charge in [0.15, 0.2) is 0 Å². The molecule has 4 heterocycles. The summed E-state index contributed by atoms with van der Waals surface area (Å²) in [5.41, 5.74) is 18.8. The van der Waals surface area contributed by atoms with E-state index in [-0.39, 0.29) is 6.71 Å². The van der Waals surface area contributed by atoms with Crippen molar-refractivity contribution in [3.8, 4) is 22.3 Å². The first-order valence-electron chi connectivity index (χ1n) is 20.2. The molecule has 274 valence electrons. The Hall–Kier alpha value is -7.76. The molecule has 13 rings (SSSR count). The Morgan fingerprint density at radius 2 is 0.712 bits per heavy atom. The first-order valence-corrected chi connectivity index (χ1v) is 20.2. The summed E-state index contributed by atoms with van der Waals surface area (Å²) in [6.45, 7) is 0.0124. The third-order valence-corrected chi connectivity index (χ3v) is 12.5. The van der Waals surface area contributed by atoms with E-state index in [0.717, 1.165) is 88.9 Å². The van der Waals surface area contributed by atoms with Crippen molar-refractivity contribution < 1.29 is 8.83 Å². The number of rotatable bonds is 4. The van der Waals surface area contributed by atoms with Crippen LogP contribution in [0.15, 0.2) is 209 Å². The molecule has 2 aliphatic heterocycles.